The fourth-order valence-corrected chi connectivity index (χ4v) is 3.82. The van der Waals surface area contributed by atoms with Crippen LogP contribution in [0.2, 0.25) is 0 Å². The van der Waals surface area contributed by atoms with Crippen molar-refractivity contribution < 1.29 is 14.3 Å². The lowest BCUT2D eigenvalue weighted by molar-refractivity contribution is -0.143. The quantitative estimate of drug-likeness (QED) is 0.123. The van der Waals surface area contributed by atoms with Crippen LogP contribution in [0.15, 0.2) is 0 Å². The number of amides is 1. The Morgan fingerprint density at radius 2 is 1.00 bits per heavy atom. The van der Waals surface area contributed by atoms with Crippen LogP contribution in [0, 0.1) is 0 Å². The van der Waals surface area contributed by atoms with Crippen LogP contribution >= 0.6 is 0 Å². The summed E-state index contributed by atoms with van der Waals surface area (Å²) in [5.41, 5.74) is 0. The van der Waals surface area contributed by atoms with Crippen molar-refractivity contribution >= 4 is 11.9 Å². The summed E-state index contributed by atoms with van der Waals surface area (Å²) in [6.45, 7) is 5.76. The van der Waals surface area contributed by atoms with Crippen molar-refractivity contribution in [1.29, 1.82) is 0 Å². The summed E-state index contributed by atoms with van der Waals surface area (Å²) in [5, 5.41) is 2.98. The lowest BCUT2D eigenvalue weighted by Crippen LogP contribution is -2.24. The van der Waals surface area contributed by atoms with Crippen molar-refractivity contribution in [2.24, 2.45) is 0 Å². The first kappa shape index (κ1) is 29.9. The SMILES string of the molecule is CCCCCCCCCCCCCCNC(=O)CCCC(=O)OCCCCCCCC. The third-order valence-corrected chi connectivity index (χ3v) is 5.90. The second-order valence-corrected chi connectivity index (χ2v) is 9.08. The summed E-state index contributed by atoms with van der Waals surface area (Å²) in [7, 11) is 0. The number of carbonyl (C=O) groups excluding carboxylic acids is 2. The Kier molecular flexibility index (Phi) is 24.3. The van der Waals surface area contributed by atoms with Gasteiger partial charge in [-0.2, -0.15) is 0 Å². The number of hydrogen-bond donors (Lipinski definition) is 1. The molecule has 1 N–H and O–H groups in total. The highest BCUT2D eigenvalue weighted by Crippen LogP contribution is 2.12. The maximum absolute atomic E-state index is 11.8. The lowest BCUT2D eigenvalue weighted by Gasteiger charge is -2.06. The first-order chi connectivity index (χ1) is 15.2. The first-order valence-corrected chi connectivity index (χ1v) is 13.6. The van der Waals surface area contributed by atoms with E-state index in [1.54, 1.807) is 0 Å². The normalized spacial score (nSPS) is 10.9. The third kappa shape index (κ3) is 25.1. The van der Waals surface area contributed by atoms with Gasteiger partial charge in [-0.15, -0.1) is 0 Å². The van der Waals surface area contributed by atoms with Gasteiger partial charge in [0.2, 0.25) is 5.91 Å². The number of carbonyl (C=O) groups is 2. The number of ether oxygens (including phenoxy) is 1. The highest BCUT2D eigenvalue weighted by atomic mass is 16.5. The monoisotopic (exact) mass is 439 g/mol. The Balaban J connectivity index is 3.28. The van der Waals surface area contributed by atoms with Crippen molar-refractivity contribution in [3.05, 3.63) is 0 Å². The lowest BCUT2D eigenvalue weighted by atomic mass is 10.1. The van der Waals surface area contributed by atoms with Gasteiger partial charge in [0.1, 0.15) is 0 Å². The van der Waals surface area contributed by atoms with Crippen molar-refractivity contribution in [1.82, 2.24) is 5.32 Å². The second-order valence-electron chi connectivity index (χ2n) is 9.08. The fourth-order valence-electron chi connectivity index (χ4n) is 3.82. The van der Waals surface area contributed by atoms with Crippen LogP contribution in [-0.2, 0) is 14.3 Å². The van der Waals surface area contributed by atoms with Gasteiger partial charge >= 0.3 is 5.97 Å². The molecule has 0 aliphatic rings. The second kappa shape index (κ2) is 25.2. The zero-order valence-electron chi connectivity index (χ0n) is 21.0. The van der Waals surface area contributed by atoms with E-state index in [2.05, 4.69) is 19.2 Å². The molecule has 4 heteroatoms. The minimum Gasteiger partial charge on any atom is -0.466 e. The molecule has 4 nitrogen and oxygen atoms in total. The van der Waals surface area contributed by atoms with Gasteiger partial charge in [0, 0.05) is 19.4 Å². The molecule has 0 saturated heterocycles. The van der Waals surface area contributed by atoms with E-state index in [0.29, 0.717) is 25.9 Å². The zero-order valence-corrected chi connectivity index (χ0v) is 21.0. The van der Waals surface area contributed by atoms with Gasteiger partial charge in [0.05, 0.1) is 6.61 Å². The molecule has 0 aromatic rings. The highest BCUT2D eigenvalue weighted by molar-refractivity contribution is 5.76. The van der Waals surface area contributed by atoms with Crippen molar-refractivity contribution in [2.75, 3.05) is 13.2 Å². The number of nitrogens with one attached hydrogen (secondary N) is 1. The molecule has 1 amide bonds. The van der Waals surface area contributed by atoms with Gasteiger partial charge in [-0.1, -0.05) is 117 Å². The molecular formula is C27H53NO3. The molecule has 0 spiro atoms. The molecule has 0 fully saturated rings. The minimum atomic E-state index is -0.165. The van der Waals surface area contributed by atoms with Crippen LogP contribution in [0.5, 0.6) is 0 Å². The van der Waals surface area contributed by atoms with Crippen LogP contribution < -0.4 is 5.32 Å². The van der Waals surface area contributed by atoms with Crippen LogP contribution in [-0.4, -0.2) is 25.0 Å². The van der Waals surface area contributed by atoms with Gasteiger partial charge in [0.25, 0.3) is 0 Å². The molecule has 31 heavy (non-hydrogen) atoms. The van der Waals surface area contributed by atoms with Gasteiger partial charge < -0.3 is 10.1 Å². The van der Waals surface area contributed by atoms with E-state index in [9.17, 15) is 9.59 Å². The average molecular weight is 440 g/mol. The Bertz CT molecular complexity index is 398. The summed E-state index contributed by atoms with van der Waals surface area (Å²) in [5.74, 6) is -0.103. The molecule has 0 aromatic carbocycles. The maximum Gasteiger partial charge on any atom is 0.305 e. The van der Waals surface area contributed by atoms with E-state index in [-0.39, 0.29) is 11.9 Å². The topological polar surface area (TPSA) is 55.4 Å². The summed E-state index contributed by atoms with van der Waals surface area (Å²) >= 11 is 0. The molecule has 0 aromatic heterocycles. The summed E-state index contributed by atoms with van der Waals surface area (Å²) in [6, 6.07) is 0. The molecule has 0 aliphatic carbocycles. The zero-order chi connectivity index (χ0) is 22.8. The average Bonchev–Trinajstić information content (AvgIpc) is 2.76. The van der Waals surface area contributed by atoms with Gasteiger partial charge in [-0.3, -0.25) is 9.59 Å². The van der Waals surface area contributed by atoms with Crippen LogP contribution in [0.1, 0.15) is 149 Å². The van der Waals surface area contributed by atoms with Gasteiger partial charge in [-0.05, 0) is 19.3 Å². The van der Waals surface area contributed by atoms with Gasteiger partial charge in [0.15, 0.2) is 0 Å². The van der Waals surface area contributed by atoms with Crippen LogP contribution in [0.3, 0.4) is 0 Å². The molecule has 0 heterocycles. The minimum absolute atomic E-state index is 0.0618. The highest BCUT2D eigenvalue weighted by Gasteiger charge is 2.06. The Hall–Kier alpha value is -1.06. The summed E-state index contributed by atoms with van der Waals surface area (Å²) in [6.07, 6.45) is 24.4. The number of hydrogen-bond acceptors (Lipinski definition) is 3. The van der Waals surface area contributed by atoms with Crippen molar-refractivity contribution in [2.45, 2.75) is 149 Å². The molecular weight excluding hydrogens is 386 g/mol. The van der Waals surface area contributed by atoms with E-state index in [1.807, 2.05) is 0 Å². The standard InChI is InChI=1S/C27H53NO3/c1-3-5-7-9-11-12-13-14-15-16-17-19-24-28-26(29)22-21-23-27(30)31-25-20-18-10-8-6-4-2/h3-25H2,1-2H3,(H,28,29). The largest absolute Gasteiger partial charge is 0.466 e. The van der Waals surface area contributed by atoms with E-state index < -0.39 is 0 Å². The predicted octanol–water partition coefficient (Wildman–Crippen LogP) is 7.88. The summed E-state index contributed by atoms with van der Waals surface area (Å²) in [4.78, 5) is 23.5. The molecule has 0 aliphatic heterocycles. The fraction of sp³-hybridized carbons (Fsp3) is 0.926. The van der Waals surface area contributed by atoms with Crippen LogP contribution in [0.25, 0.3) is 0 Å². The van der Waals surface area contributed by atoms with Crippen molar-refractivity contribution in [3.63, 3.8) is 0 Å². The molecule has 0 bridgehead atoms. The summed E-state index contributed by atoms with van der Waals surface area (Å²) < 4.78 is 5.24. The van der Waals surface area contributed by atoms with Crippen molar-refractivity contribution in [3.8, 4) is 0 Å². The third-order valence-electron chi connectivity index (χ3n) is 5.90. The van der Waals surface area contributed by atoms with E-state index in [4.69, 9.17) is 4.74 Å². The Morgan fingerprint density at radius 3 is 1.52 bits per heavy atom. The molecule has 0 atom stereocenters. The first-order valence-electron chi connectivity index (χ1n) is 13.6. The Morgan fingerprint density at radius 1 is 0.548 bits per heavy atom. The maximum atomic E-state index is 11.8. The molecule has 0 unspecified atom stereocenters. The van der Waals surface area contributed by atoms with Gasteiger partial charge in [-0.25, -0.2) is 0 Å². The molecule has 184 valence electrons. The molecule has 0 rings (SSSR count). The number of rotatable bonds is 24. The predicted molar refractivity (Wildman–Crippen MR) is 132 cm³/mol. The molecule has 0 radical (unpaired) electrons. The number of unbranched alkanes of at least 4 members (excludes halogenated alkanes) is 16. The number of esters is 1. The van der Waals surface area contributed by atoms with E-state index in [0.717, 1.165) is 25.8 Å². The Labute approximate surface area is 193 Å². The smallest absolute Gasteiger partial charge is 0.305 e. The van der Waals surface area contributed by atoms with E-state index >= 15 is 0 Å². The van der Waals surface area contributed by atoms with E-state index in [1.165, 1.54) is 96.3 Å². The van der Waals surface area contributed by atoms with Crippen LogP contribution in [0.4, 0.5) is 0 Å². The molecule has 0 saturated carbocycles.